The molecule has 2 N–H and O–H groups in total. The van der Waals surface area contributed by atoms with Crippen LogP contribution in [-0.4, -0.2) is 32.5 Å². The van der Waals surface area contributed by atoms with E-state index in [2.05, 4.69) is 20.6 Å². The molecule has 0 saturated carbocycles. The van der Waals surface area contributed by atoms with Gasteiger partial charge in [0.1, 0.15) is 11.5 Å². The molecule has 0 unspecified atom stereocenters. The zero-order chi connectivity index (χ0) is 15.5. The summed E-state index contributed by atoms with van der Waals surface area (Å²) in [5, 5.41) is 25.2. The standard InChI is InChI=1S/C13H10N6O3/c14-13-16-17-18-19(13)15-7-10-4-5-11(22-10)8-2-1-3-9(6-8)12(20)21/h1-7H,(H,20,21)(H2,14,16,18)/p-1/b15-7+. The van der Waals surface area contributed by atoms with Crippen molar-refractivity contribution in [2.45, 2.75) is 0 Å². The molecule has 2 aromatic heterocycles. The maximum atomic E-state index is 10.9. The predicted molar refractivity (Wildman–Crippen MR) is 73.7 cm³/mol. The van der Waals surface area contributed by atoms with Crippen molar-refractivity contribution in [2.75, 3.05) is 5.73 Å². The van der Waals surface area contributed by atoms with Crippen molar-refractivity contribution in [3.8, 4) is 11.3 Å². The van der Waals surface area contributed by atoms with Crippen molar-refractivity contribution < 1.29 is 14.3 Å². The van der Waals surface area contributed by atoms with Gasteiger partial charge in [-0.2, -0.15) is 5.10 Å². The van der Waals surface area contributed by atoms with Crippen LogP contribution >= 0.6 is 0 Å². The number of carboxylic acid groups (broad SMARTS) is 1. The van der Waals surface area contributed by atoms with Gasteiger partial charge >= 0.3 is 0 Å². The van der Waals surface area contributed by atoms with Crippen LogP contribution in [-0.2, 0) is 0 Å². The van der Waals surface area contributed by atoms with Crippen LogP contribution in [0, 0.1) is 0 Å². The van der Waals surface area contributed by atoms with E-state index in [9.17, 15) is 9.90 Å². The molecular weight excluding hydrogens is 288 g/mol. The second-order valence-corrected chi connectivity index (χ2v) is 4.24. The largest absolute Gasteiger partial charge is 0.545 e. The van der Waals surface area contributed by atoms with Crippen molar-refractivity contribution in [1.82, 2.24) is 20.3 Å². The highest BCUT2D eigenvalue weighted by atomic mass is 16.4. The minimum absolute atomic E-state index is 0.0460. The predicted octanol–water partition coefficient (Wildman–Crippen LogP) is -0.239. The number of tetrazole rings is 1. The highest BCUT2D eigenvalue weighted by molar-refractivity contribution is 5.87. The molecule has 0 bridgehead atoms. The van der Waals surface area contributed by atoms with E-state index in [4.69, 9.17) is 10.2 Å². The molecule has 2 heterocycles. The van der Waals surface area contributed by atoms with Crippen LogP contribution in [0.1, 0.15) is 16.1 Å². The highest BCUT2D eigenvalue weighted by Crippen LogP contribution is 2.22. The number of carbonyl (C=O) groups is 1. The summed E-state index contributed by atoms with van der Waals surface area (Å²) in [6.45, 7) is 0. The first-order valence-corrected chi connectivity index (χ1v) is 6.13. The Morgan fingerprint density at radius 3 is 2.95 bits per heavy atom. The van der Waals surface area contributed by atoms with Gasteiger partial charge in [0.15, 0.2) is 0 Å². The molecule has 22 heavy (non-hydrogen) atoms. The second kappa shape index (κ2) is 5.48. The number of nitrogen functional groups attached to an aromatic ring is 1. The lowest BCUT2D eigenvalue weighted by atomic mass is 10.1. The number of benzene rings is 1. The minimum Gasteiger partial charge on any atom is -0.545 e. The third-order valence-corrected chi connectivity index (χ3v) is 2.78. The van der Waals surface area contributed by atoms with Crippen molar-refractivity contribution in [2.24, 2.45) is 5.10 Å². The summed E-state index contributed by atoms with van der Waals surface area (Å²) in [6, 6.07) is 9.62. The number of furan rings is 1. The monoisotopic (exact) mass is 297 g/mol. The molecule has 110 valence electrons. The number of carboxylic acids is 1. The minimum atomic E-state index is -1.25. The maximum absolute atomic E-state index is 10.9. The van der Waals surface area contributed by atoms with Crippen molar-refractivity contribution in [3.05, 3.63) is 47.7 Å². The number of aromatic nitrogens is 4. The zero-order valence-electron chi connectivity index (χ0n) is 11.1. The number of rotatable bonds is 4. The van der Waals surface area contributed by atoms with Gasteiger partial charge in [0.05, 0.1) is 12.2 Å². The first kappa shape index (κ1) is 13.5. The molecular formula is C13H9N6O3-. The van der Waals surface area contributed by atoms with Crippen molar-refractivity contribution in [1.29, 1.82) is 0 Å². The Bertz CT molecular complexity index is 851. The Hall–Kier alpha value is -3.49. The number of nitrogens with zero attached hydrogens (tertiary/aromatic N) is 5. The lowest BCUT2D eigenvalue weighted by Crippen LogP contribution is -2.22. The van der Waals surface area contributed by atoms with Crippen LogP contribution < -0.4 is 10.8 Å². The summed E-state index contributed by atoms with van der Waals surface area (Å²) in [5.41, 5.74) is 6.16. The van der Waals surface area contributed by atoms with Gasteiger partial charge in [-0.3, -0.25) is 0 Å². The molecule has 0 atom stereocenters. The lowest BCUT2D eigenvalue weighted by Gasteiger charge is -2.03. The van der Waals surface area contributed by atoms with Crippen molar-refractivity contribution in [3.63, 3.8) is 0 Å². The third-order valence-electron chi connectivity index (χ3n) is 2.78. The molecule has 0 radical (unpaired) electrons. The van der Waals surface area contributed by atoms with Gasteiger partial charge < -0.3 is 20.1 Å². The summed E-state index contributed by atoms with van der Waals surface area (Å²) in [5.74, 6) is -0.271. The van der Waals surface area contributed by atoms with Crippen molar-refractivity contribution >= 4 is 18.1 Å². The topological polar surface area (TPSA) is 135 Å². The molecule has 0 fully saturated rings. The van der Waals surface area contributed by atoms with E-state index in [-0.39, 0.29) is 11.5 Å². The SMILES string of the molecule is Nc1nnnn1/N=C/c1ccc(-c2cccc(C(=O)[O-])c2)o1. The molecule has 9 heteroatoms. The molecule has 0 spiro atoms. The molecule has 3 aromatic rings. The summed E-state index contributed by atoms with van der Waals surface area (Å²) in [6.07, 6.45) is 1.39. The van der Waals surface area contributed by atoms with Crippen LogP contribution in [0.3, 0.4) is 0 Å². The van der Waals surface area contributed by atoms with E-state index in [0.29, 0.717) is 17.1 Å². The van der Waals surface area contributed by atoms with Gasteiger partial charge in [-0.05, 0) is 34.2 Å². The van der Waals surface area contributed by atoms with Gasteiger partial charge in [0.25, 0.3) is 5.95 Å². The van der Waals surface area contributed by atoms with Crippen LogP contribution in [0.2, 0.25) is 0 Å². The fourth-order valence-electron chi connectivity index (χ4n) is 1.76. The third kappa shape index (κ3) is 2.68. The molecule has 0 aliphatic heterocycles. The van der Waals surface area contributed by atoms with Crippen LogP contribution in [0.5, 0.6) is 0 Å². The molecule has 0 amide bonds. The Morgan fingerprint density at radius 2 is 2.23 bits per heavy atom. The number of hydrogen-bond donors (Lipinski definition) is 1. The van der Waals surface area contributed by atoms with Crippen LogP contribution in [0.15, 0.2) is 45.9 Å². The number of nitrogens with two attached hydrogens (primary N) is 1. The van der Waals surface area contributed by atoms with E-state index < -0.39 is 5.97 Å². The second-order valence-electron chi connectivity index (χ2n) is 4.24. The number of carbonyl (C=O) groups excluding carboxylic acids is 1. The van der Waals surface area contributed by atoms with E-state index in [1.165, 1.54) is 18.3 Å². The first-order valence-electron chi connectivity index (χ1n) is 6.13. The van der Waals surface area contributed by atoms with Crippen LogP contribution in [0.25, 0.3) is 11.3 Å². The molecule has 0 aliphatic rings. The van der Waals surface area contributed by atoms with E-state index in [1.54, 1.807) is 24.3 Å². The Kier molecular flexibility index (Phi) is 3.36. The van der Waals surface area contributed by atoms with Crippen LogP contribution in [0.4, 0.5) is 5.95 Å². The fourth-order valence-corrected chi connectivity index (χ4v) is 1.76. The average Bonchev–Trinajstić information content (AvgIpc) is 3.14. The Labute approximate surface area is 123 Å². The van der Waals surface area contributed by atoms with E-state index in [0.717, 1.165) is 4.79 Å². The van der Waals surface area contributed by atoms with Gasteiger partial charge in [-0.25, -0.2) is 0 Å². The Balaban J connectivity index is 1.85. The first-order chi connectivity index (χ1) is 10.6. The molecule has 0 aliphatic carbocycles. The van der Waals surface area contributed by atoms with Gasteiger partial charge in [0, 0.05) is 5.56 Å². The molecule has 0 saturated heterocycles. The number of aromatic carboxylic acids is 1. The summed E-state index contributed by atoms with van der Waals surface area (Å²) in [4.78, 5) is 11.9. The zero-order valence-corrected chi connectivity index (χ0v) is 11.1. The van der Waals surface area contributed by atoms with E-state index >= 15 is 0 Å². The number of anilines is 1. The maximum Gasteiger partial charge on any atom is 0.263 e. The summed E-state index contributed by atoms with van der Waals surface area (Å²) in [7, 11) is 0. The quantitative estimate of drug-likeness (QED) is 0.656. The molecule has 3 rings (SSSR count). The molecule has 1 aromatic carbocycles. The normalized spacial score (nSPS) is 11.1. The summed E-state index contributed by atoms with van der Waals surface area (Å²) >= 11 is 0. The van der Waals surface area contributed by atoms with Gasteiger partial charge in [-0.1, -0.05) is 28.1 Å². The smallest absolute Gasteiger partial charge is 0.263 e. The van der Waals surface area contributed by atoms with Gasteiger partial charge in [0.2, 0.25) is 0 Å². The van der Waals surface area contributed by atoms with E-state index in [1.807, 2.05) is 0 Å². The molecule has 9 nitrogen and oxygen atoms in total. The Morgan fingerprint density at radius 1 is 1.36 bits per heavy atom. The van der Waals surface area contributed by atoms with Gasteiger partial charge in [-0.15, -0.1) is 0 Å². The highest BCUT2D eigenvalue weighted by Gasteiger charge is 2.05. The average molecular weight is 297 g/mol. The fraction of sp³-hybridized carbons (Fsp3) is 0. The lowest BCUT2D eigenvalue weighted by molar-refractivity contribution is -0.255. The summed E-state index contributed by atoms with van der Waals surface area (Å²) < 4.78 is 5.56. The number of hydrogen-bond acceptors (Lipinski definition) is 8.